The molecule has 2 rings (SSSR count). The zero-order valence-corrected chi connectivity index (χ0v) is 12.8. The van der Waals surface area contributed by atoms with Gasteiger partial charge in [0.1, 0.15) is 0 Å². The molecular formula is C13H16ClNO4S. The van der Waals surface area contributed by atoms with E-state index < -0.39 is 15.4 Å². The van der Waals surface area contributed by atoms with Gasteiger partial charge in [0.05, 0.1) is 15.5 Å². The highest BCUT2D eigenvalue weighted by Crippen LogP contribution is 2.26. The summed E-state index contributed by atoms with van der Waals surface area (Å²) in [4.78, 5) is 13.8. The summed E-state index contributed by atoms with van der Waals surface area (Å²) in [6, 6.07) is 4.18. The van der Waals surface area contributed by atoms with Crippen LogP contribution in [0.15, 0.2) is 23.1 Å². The van der Waals surface area contributed by atoms with Crippen molar-refractivity contribution >= 4 is 27.3 Å². The number of halogens is 1. The van der Waals surface area contributed by atoms with Crippen LogP contribution in [0.3, 0.4) is 0 Å². The van der Waals surface area contributed by atoms with Gasteiger partial charge in [0.25, 0.3) is 5.91 Å². The summed E-state index contributed by atoms with van der Waals surface area (Å²) < 4.78 is 23.2. The molecule has 1 saturated heterocycles. The van der Waals surface area contributed by atoms with E-state index in [0.29, 0.717) is 13.0 Å². The maximum atomic E-state index is 12.3. The molecule has 5 nitrogen and oxygen atoms in total. The molecule has 1 amide bonds. The number of hydrogen-bond acceptors (Lipinski definition) is 4. The number of hydrogen-bond donors (Lipinski definition) is 1. The highest BCUT2D eigenvalue weighted by Gasteiger charge is 2.34. The molecule has 1 aromatic carbocycles. The van der Waals surface area contributed by atoms with E-state index in [4.69, 9.17) is 11.6 Å². The van der Waals surface area contributed by atoms with Crippen molar-refractivity contribution in [3.8, 4) is 0 Å². The van der Waals surface area contributed by atoms with Gasteiger partial charge < -0.3 is 10.0 Å². The summed E-state index contributed by atoms with van der Waals surface area (Å²) in [6.07, 6.45) is 1.55. The lowest BCUT2D eigenvalue weighted by Gasteiger charge is -2.19. The summed E-state index contributed by atoms with van der Waals surface area (Å²) in [5.74, 6) is -0.302. The van der Waals surface area contributed by atoms with E-state index in [2.05, 4.69) is 0 Å². The number of benzene rings is 1. The van der Waals surface area contributed by atoms with Crippen molar-refractivity contribution in [1.82, 2.24) is 4.90 Å². The molecular weight excluding hydrogens is 302 g/mol. The second-order valence-corrected chi connectivity index (χ2v) is 7.78. The monoisotopic (exact) mass is 317 g/mol. The maximum absolute atomic E-state index is 12.3. The highest BCUT2D eigenvalue weighted by molar-refractivity contribution is 7.90. The average molecular weight is 318 g/mol. The second kappa shape index (κ2) is 5.02. The zero-order valence-electron chi connectivity index (χ0n) is 11.3. The topological polar surface area (TPSA) is 74.7 Å². The van der Waals surface area contributed by atoms with Gasteiger partial charge >= 0.3 is 0 Å². The Hall–Kier alpha value is -1.11. The minimum absolute atomic E-state index is 0.0593. The van der Waals surface area contributed by atoms with Crippen LogP contribution in [-0.4, -0.2) is 49.3 Å². The van der Waals surface area contributed by atoms with Gasteiger partial charge in [0.15, 0.2) is 9.84 Å². The highest BCUT2D eigenvalue weighted by atomic mass is 35.5. The second-order valence-electron chi connectivity index (χ2n) is 5.39. The summed E-state index contributed by atoms with van der Waals surface area (Å²) in [7, 11) is -3.49. The van der Waals surface area contributed by atoms with Crippen LogP contribution in [0.2, 0.25) is 5.02 Å². The predicted octanol–water partition coefficient (Wildman–Crippen LogP) is 1.34. The molecule has 0 aliphatic carbocycles. The Balaban J connectivity index is 2.33. The number of sulfone groups is 1. The molecule has 0 bridgehead atoms. The first-order valence-corrected chi connectivity index (χ1v) is 8.38. The fraction of sp³-hybridized carbons (Fsp3) is 0.462. The quantitative estimate of drug-likeness (QED) is 0.893. The molecule has 1 aliphatic rings. The van der Waals surface area contributed by atoms with Crippen molar-refractivity contribution in [3.63, 3.8) is 0 Å². The van der Waals surface area contributed by atoms with E-state index in [1.807, 2.05) is 0 Å². The van der Waals surface area contributed by atoms with Crippen molar-refractivity contribution in [1.29, 1.82) is 0 Å². The van der Waals surface area contributed by atoms with Crippen LogP contribution in [0.1, 0.15) is 23.7 Å². The lowest BCUT2D eigenvalue weighted by molar-refractivity contribution is 0.0572. The molecule has 1 fully saturated rings. The minimum atomic E-state index is -3.49. The summed E-state index contributed by atoms with van der Waals surface area (Å²) in [5, 5.41) is 9.97. The molecule has 0 radical (unpaired) electrons. The number of rotatable bonds is 2. The first-order valence-electron chi connectivity index (χ1n) is 6.11. The first-order chi connectivity index (χ1) is 9.10. The fourth-order valence-electron chi connectivity index (χ4n) is 2.22. The molecule has 0 aromatic heterocycles. The lowest BCUT2D eigenvalue weighted by atomic mass is 10.1. The molecule has 1 unspecified atom stereocenters. The van der Waals surface area contributed by atoms with E-state index in [9.17, 15) is 18.3 Å². The van der Waals surface area contributed by atoms with Crippen molar-refractivity contribution in [3.05, 3.63) is 28.8 Å². The summed E-state index contributed by atoms with van der Waals surface area (Å²) in [5.41, 5.74) is -0.630. The Morgan fingerprint density at radius 2 is 2.10 bits per heavy atom. The normalized spacial score (nSPS) is 23.1. The third-order valence-corrected chi connectivity index (χ3v) is 4.89. The Morgan fingerprint density at radius 1 is 1.45 bits per heavy atom. The van der Waals surface area contributed by atoms with E-state index in [-0.39, 0.29) is 27.9 Å². The van der Waals surface area contributed by atoms with Crippen LogP contribution in [0.4, 0.5) is 0 Å². The van der Waals surface area contributed by atoms with E-state index in [0.717, 1.165) is 6.26 Å². The van der Waals surface area contributed by atoms with Crippen LogP contribution in [0.25, 0.3) is 0 Å². The number of nitrogens with zero attached hydrogens (tertiary/aromatic N) is 1. The molecule has 20 heavy (non-hydrogen) atoms. The van der Waals surface area contributed by atoms with Crippen molar-refractivity contribution in [2.24, 2.45) is 0 Å². The zero-order chi connectivity index (χ0) is 15.1. The summed E-state index contributed by atoms with van der Waals surface area (Å²) >= 11 is 5.85. The molecule has 0 saturated carbocycles. The molecule has 1 atom stereocenters. The van der Waals surface area contributed by atoms with Gasteiger partial charge in [-0.2, -0.15) is 0 Å². The third kappa shape index (κ3) is 3.13. The molecule has 7 heteroatoms. The average Bonchev–Trinajstić information content (AvgIpc) is 2.68. The Labute approximate surface area is 123 Å². The molecule has 0 spiro atoms. The largest absolute Gasteiger partial charge is 0.388 e. The number of carbonyl (C=O) groups is 1. The van der Waals surface area contributed by atoms with E-state index in [1.54, 1.807) is 6.92 Å². The van der Waals surface area contributed by atoms with Gasteiger partial charge in [0, 0.05) is 24.9 Å². The number of β-amino-alcohol motifs (C(OH)–C–C–N with tert-alkyl or cyclic N) is 1. The van der Waals surface area contributed by atoms with Crippen LogP contribution < -0.4 is 0 Å². The number of amides is 1. The van der Waals surface area contributed by atoms with Gasteiger partial charge in [0.2, 0.25) is 0 Å². The van der Waals surface area contributed by atoms with Crippen molar-refractivity contribution in [2.45, 2.75) is 23.8 Å². The van der Waals surface area contributed by atoms with Gasteiger partial charge in [-0.25, -0.2) is 8.42 Å². The molecule has 1 aromatic rings. The number of likely N-dealkylation sites (tertiary alicyclic amines) is 1. The summed E-state index contributed by atoms with van der Waals surface area (Å²) in [6.45, 7) is 2.36. The van der Waals surface area contributed by atoms with Crippen molar-refractivity contribution < 1.29 is 18.3 Å². The van der Waals surface area contributed by atoms with Crippen LogP contribution in [0, 0.1) is 0 Å². The minimum Gasteiger partial charge on any atom is -0.388 e. The smallest absolute Gasteiger partial charge is 0.253 e. The predicted molar refractivity (Wildman–Crippen MR) is 75.7 cm³/mol. The third-order valence-electron chi connectivity index (χ3n) is 3.32. The molecule has 1 aliphatic heterocycles. The maximum Gasteiger partial charge on any atom is 0.253 e. The Kier molecular flexibility index (Phi) is 3.83. The van der Waals surface area contributed by atoms with Crippen LogP contribution in [-0.2, 0) is 9.84 Å². The fourth-order valence-corrected chi connectivity index (χ4v) is 3.52. The van der Waals surface area contributed by atoms with E-state index >= 15 is 0 Å². The number of carbonyl (C=O) groups excluding carboxylic acids is 1. The van der Waals surface area contributed by atoms with Gasteiger partial charge in [-0.1, -0.05) is 11.6 Å². The molecule has 1 heterocycles. The standard InChI is InChI=1S/C13H16ClNO4S/c1-13(17)5-6-15(8-13)12(16)9-3-4-10(14)11(7-9)20(2,18)19/h3-4,7,17H,5-6,8H2,1-2H3. The Morgan fingerprint density at radius 3 is 2.60 bits per heavy atom. The van der Waals surface area contributed by atoms with E-state index in [1.165, 1.54) is 23.1 Å². The first kappa shape index (κ1) is 15.3. The lowest BCUT2D eigenvalue weighted by Crippen LogP contribution is -2.33. The van der Waals surface area contributed by atoms with Crippen LogP contribution in [0.5, 0.6) is 0 Å². The van der Waals surface area contributed by atoms with Crippen LogP contribution >= 0.6 is 11.6 Å². The van der Waals surface area contributed by atoms with Gasteiger partial charge in [-0.05, 0) is 31.5 Å². The van der Waals surface area contributed by atoms with Gasteiger partial charge in [-0.15, -0.1) is 0 Å². The van der Waals surface area contributed by atoms with Crippen molar-refractivity contribution in [2.75, 3.05) is 19.3 Å². The molecule has 110 valence electrons. The molecule has 1 N–H and O–H groups in total. The van der Waals surface area contributed by atoms with Gasteiger partial charge in [-0.3, -0.25) is 4.79 Å². The number of aliphatic hydroxyl groups is 1. The Bertz CT molecular complexity index is 654. The SMILES string of the molecule is CC1(O)CCN(C(=O)c2ccc(Cl)c(S(C)(=O)=O)c2)C1.